The maximum Gasteiger partial charge on any atom is 0.419 e. The minimum atomic E-state index is -1.83. The van der Waals surface area contributed by atoms with E-state index in [0.717, 1.165) is 29.3 Å². The molecule has 0 spiro atoms. The third-order valence-corrected chi connectivity index (χ3v) is 11.1. The molecule has 8 N–H and O–H groups in total. The number of nitrogens with one attached hydrogen (secondary N) is 5. The van der Waals surface area contributed by atoms with E-state index in [9.17, 15) is 44.1 Å². The molecule has 0 saturated carbocycles. The number of aliphatic hydroxyl groups excluding tert-OH is 3. The van der Waals surface area contributed by atoms with E-state index < -0.39 is 83.5 Å². The third kappa shape index (κ3) is 16.2. The van der Waals surface area contributed by atoms with Crippen LogP contribution in [-0.2, 0) is 30.3 Å². The van der Waals surface area contributed by atoms with Crippen molar-refractivity contribution >= 4 is 70.3 Å². The lowest BCUT2D eigenvalue weighted by Crippen LogP contribution is -2.58. The maximum absolute atomic E-state index is 13.6. The van der Waals surface area contributed by atoms with Gasteiger partial charge in [0.05, 0.1) is 34.9 Å². The molecule has 0 aliphatic heterocycles. The minimum Gasteiger partial charge on any atom is -0.444 e. The molecule has 20 nitrogen and oxygen atoms in total. The summed E-state index contributed by atoms with van der Waals surface area (Å²) >= 11 is 4.34. The molecular weight excluding hydrogens is 867 g/mol. The first-order valence-electron chi connectivity index (χ1n) is 19.8. The van der Waals surface area contributed by atoms with E-state index in [0.29, 0.717) is 34.4 Å². The van der Waals surface area contributed by atoms with Crippen LogP contribution in [0.25, 0.3) is 10.7 Å². The minimum absolute atomic E-state index is 0.110. The highest BCUT2D eigenvalue weighted by Gasteiger charge is 2.37. The lowest BCUT2D eigenvalue weighted by molar-refractivity contribution is -0.136. The maximum atomic E-state index is 13.6. The molecule has 0 aliphatic rings. The fourth-order valence-electron chi connectivity index (χ4n) is 5.41. The van der Waals surface area contributed by atoms with Gasteiger partial charge in [0.15, 0.2) is 0 Å². The topological polar surface area (TPSA) is 285 Å². The van der Waals surface area contributed by atoms with E-state index in [2.05, 4.69) is 41.5 Å². The van der Waals surface area contributed by atoms with Crippen LogP contribution in [0.5, 0.6) is 0 Å². The van der Waals surface area contributed by atoms with Crippen molar-refractivity contribution in [2.24, 2.45) is 5.92 Å². The van der Waals surface area contributed by atoms with Gasteiger partial charge in [0.2, 0.25) is 17.7 Å². The van der Waals surface area contributed by atoms with Gasteiger partial charge < -0.3 is 51.4 Å². The lowest BCUT2D eigenvalue weighted by atomic mass is 9.96. The second kappa shape index (κ2) is 23.1. The highest BCUT2D eigenvalue weighted by molar-refractivity contribution is 7.98. The molecule has 7 atom stereocenters. The second-order valence-electron chi connectivity index (χ2n) is 16.4. The number of carbonyl (C=O) groups is 6. The van der Waals surface area contributed by atoms with Crippen LogP contribution in [0.2, 0.25) is 0 Å². The van der Waals surface area contributed by atoms with Crippen LogP contribution in [0, 0.1) is 5.92 Å². The second-order valence-corrected chi connectivity index (χ2v) is 19.2. The van der Waals surface area contributed by atoms with Gasteiger partial charge in [-0.25, -0.2) is 29.1 Å². The zero-order chi connectivity index (χ0) is 46.5. The summed E-state index contributed by atoms with van der Waals surface area (Å²) < 4.78 is 11.5. The van der Waals surface area contributed by atoms with Gasteiger partial charge in [-0.05, 0) is 73.8 Å². The summed E-state index contributed by atoms with van der Waals surface area (Å²) in [6.07, 6.45) is -1.24. The first kappa shape index (κ1) is 51.7. The molecule has 3 aromatic heterocycles. The van der Waals surface area contributed by atoms with E-state index in [1.54, 1.807) is 64.1 Å². The van der Waals surface area contributed by atoms with Gasteiger partial charge in [0.1, 0.15) is 52.1 Å². The molecule has 3 aromatic rings. The van der Waals surface area contributed by atoms with Crippen LogP contribution < -0.4 is 26.6 Å². The standard InChI is InChI=1S/C39H59N9O11S3/c1-20(29(50)21(2)43-34(55)28(47-36(56)58-38(4,5)6)30(51)23-16-48(19-42-23)37(57)59-39(7,8)9)31(52)46-27(22(3)49)33(54)41-14-12-26-44-25(18-61-26)35-45-24(17-62-35)32(53)40-13-11-15-60-10/h16-22,27-30,49-51H,11-15H2,1-10H3,(H,40,53)(H,41,54)(H,43,55)(H,46,52)(H,47,56)/t20-,21+,22+,27-,28-,29-,30-/m0/s1. The summed E-state index contributed by atoms with van der Waals surface area (Å²) in [5.41, 5.74) is -1.10. The molecule has 0 aliphatic carbocycles. The average molecular weight is 926 g/mol. The Morgan fingerprint density at radius 2 is 1.50 bits per heavy atom. The summed E-state index contributed by atoms with van der Waals surface area (Å²) in [5.74, 6) is -3.08. The molecule has 0 bridgehead atoms. The Kier molecular flexibility index (Phi) is 19.3. The Balaban J connectivity index is 1.60. The van der Waals surface area contributed by atoms with Crippen molar-refractivity contribution in [2.45, 2.75) is 123 Å². The molecule has 0 aromatic carbocycles. The number of rotatable bonds is 20. The van der Waals surface area contributed by atoms with Crippen molar-refractivity contribution in [3.63, 3.8) is 0 Å². The fourth-order valence-corrected chi connectivity index (χ4v) is 7.46. The lowest BCUT2D eigenvalue weighted by Gasteiger charge is -2.30. The van der Waals surface area contributed by atoms with Crippen LogP contribution in [0.1, 0.15) is 96.0 Å². The Morgan fingerprint density at radius 1 is 0.823 bits per heavy atom. The number of aliphatic hydroxyl groups is 3. The molecule has 5 amide bonds. The number of nitrogens with zero attached hydrogens (tertiary/aromatic N) is 4. The zero-order valence-electron chi connectivity index (χ0n) is 36.5. The molecule has 0 unspecified atom stereocenters. The smallest absolute Gasteiger partial charge is 0.419 e. The molecule has 0 saturated heterocycles. The van der Waals surface area contributed by atoms with Gasteiger partial charge >= 0.3 is 12.2 Å². The van der Waals surface area contributed by atoms with Crippen LogP contribution in [0.4, 0.5) is 9.59 Å². The Labute approximate surface area is 372 Å². The number of amides is 5. The number of imidazole rings is 1. The first-order chi connectivity index (χ1) is 28.9. The van der Waals surface area contributed by atoms with Crippen molar-refractivity contribution in [1.82, 2.24) is 46.1 Å². The van der Waals surface area contributed by atoms with Crippen molar-refractivity contribution in [1.29, 1.82) is 0 Å². The molecule has 0 fully saturated rings. The van der Waals surface area contributed by atoms with Gasteiger partial charge in [0.25, 0.3) is 5.91 Å². The number of ether oxygens (including phenoxy) is 2. The van der Waals surface area contributed by atoms with Crippen LogP contribution in [-0.4, -0.2) is 137 Å². The summed E-state index contributed by atoms with van der Waals surface area (Å²) in [6, 6.07) is -4.35. The van der Waals surface area contributed by atoms with Crippen LogP contribution in [0.15, 0.2) is 23.3 Å². The molecule has 62 heavy (non-hydrogen) atoms. The molecule has 0 radical (unpaired) electrons. The SMILES string of the molecule is CSCCCNC(=O)c1csc(-c2csc(CCNC(=O)[C@@H](NC(=O)[C@@H](C)[C@H](O)[C@@H](C)NC(=O)[C@@H](NC(=O)OC(C)(C)C)[C@@H](O)c3cn(C(=O)OC(C)(C)C)cn3)[C@@H](C)O)n2)n1. The molecule has 344 valence electrons. The largest absolute Gasteiger partial charge is 0.444 e. The van der Waals surface area contributed by atoms with Gasteiger partial charge in [-0.15, -0.1) is 22.7 Å². The van der Waals surface area contributed by atoms with Crippen molar-refractivity contribution in [2.75, 3.05) is 25.1 Å². The van der Waals surface area contributed by atoms with Crippen LogP contribution >= 0.6 is 34.4 Å². The monoisotopic (exact) mass is 925 g/mol. The molecular formula is C39H59N9O11S3. The van der Waals surface area contributed by atoms with Gasteiger partial charge in [-0.1, -0.05) is 6.92 Å². The van der Waals surface area contributed by atoms with Gasteiger partial charge in [0, 0.05) is 36.5 Å². The predicted molar refractivity (Wildman–Crippen MR) is 234 cm³/mol. The zero-order valence-corrected chi connectivity index (χ0v) is 39.0. The summed E-state index contributed by atoms with van der Waals surface area (Å²) in [4.78, 5) is 90.8. The molecule has 23 heteroatoms. The van der Waals surface area contributed by atoms with E-state index in [1.807, 2.05) is 6.26 Å². The van der Waals surface area contributed by atoms with Crippen molar-refractivity contribution in [3.8, 4) is 10.7 Å². The number of carbonyl (C=O) groups excluding carboxylic acids is 6. The quantitative estimate of drug-likeness (QED) is 0.0756. The highest BCUT2D eigenvalue weighted by atomic mass is 32.2. The number of hydrogen-bond acceptors (Lipinski definition) is 17. The number of alkyl carbamates (subject to hydrolysis) is 1. The van der Waals surface area contributed by atoms with E-state index in [-0.39, 0.29) is 18.1 Å². The number of thiazole rings is 2. The Morgan fingerprint density at radius 3 is 2.13 bits per heavy atom. The number of hydrogen-bond donors (Lipinski definition) is 8. The molecule has 3 heterocycles. The van der Waals surface area contributed by atoms with Gasteiger partial charge in [-0.3, -0.25) is 19.2 Å². The Bertz CT molecular complexity index is 1990. The summed E-state index contributed by atoms with van der Waals surface area (Å²) in [7, 11) is 0. The van der Waals surface area contributed by atoms with E-state index in [1.165, 1.54) is 43.4 Å². The van der Waals surface area contributed by atoms with E-state index >= 15 is 0 Å². The fraction of sp³-hybridized carbons (Fsp3) is 0.615. The highest BCUT2D eigenvalue weighted by Crippen LogP contribution is 2.26. The Hall–Kier alpha value is -4.68. The third-order valence-electron chi connectivity index (χ3n) is 8.61. The van der Waals surface area contributed by atoms with Crippen LogP contribution in [0.3, 0.4) is 0 Å². The first-order valence-corrected chi connectivity index (χ1v) is 22.9. The normalized spacial score (nSPS) is 15.2. The molecule has 3 rings (SSSR count). The number of thioether (sulfide) groups is 1. The van der Waals surface area contributed by atoms with E-state index in [4.69, 9.17) is 9.47 Å². The van der Waals surface area contributed by atoms with Crippen molar-refractivity contribution < 1.29 is 53.6 Å². The van der Waals surface area contributed by atoms with Gasteiger partial charge in [-0.2, -0.15) is 11.8 Å². The summed E-state index contributed by atoms with van der Waals surface area (Å²) in [5, 5.41) is 50.3. The van der Waals surface area contributed by atoms with Crippen molar-refractivity contribution in [3.05, 3.63) is 39.7 Å². The predicted octanol–water partition coefficient (Wildman–Crippen LogP) is 2.38. The average Bonchev–Trinajstić information content (AvgIpc) is 3.97. The summed E-state index contributed by atoms with van der Waals surface area (Å²) in [6.45, 7) is 14.5. The number of aromatic nitrogens is 4.